The van der Waals surface area contributed by atoms with Gasteiger partial charge in [-0.15, -0.1) is 0 Å². The summed E-state index contributed by atoms with van der Waals surface area (Å²) in [6, 6.07) is 5.10. The Kier molecular flexibility index (Phi) is 3.77. The van der Waals surface area contributed by atoms with Gasteiger partial charge in [0.1, 0.15) is 5.82 Å². The summed E-state index contributed by atoms with van der Waals surface area (Å²) < 4.78 is 13.0. The number of benzene rings is 1. The molecule has 0 spiro atoms. The molecule has 1 N–H and O–H groups in total. The summed E-state index contributed by atoms with van der Waals surface area (Å²) in [7, 11) is 0. The molecule has 2 rings (SSSR count). The first kappa shape index (κ1) is 12.1. The Labute approximate surface area is 101 Å². The highest BCUT2D eigenvalue weighted by Gasteiger charge is 2.24. The summed E-state index contributed by atoms with van der Waals surface area (Å²) in [5.74, 6) is 0.243. The fraction of sp³-hybridized carbons (Fsp3) is 0.500. The van der Waals surface area contributed by atoms with Gasteiger partial charge >= 0.3 is 0 Å². The molecule has 2 nitrogen and oxygen atoms in total. The Hall–Kier alpha value is -1.38. The van der Waals surface area contributed by atoms with E-state index in [1.165, 1.54) is 12.5 Å². The Bertz CT molecular complexity index is 413. The lowest BCUT2D eigenvalue weighted by atomic mass is 9.85. The number of halogens is 1. The predicted octanol–water partition coefficient (Wildman–Crippen LogP) is 2.59. The van der Waals surface area contributed by atoms with E-state index in [1.807, 2.05) is 6.07 Å². The van der Waals surface area contributed by atoms with Crippen LogP contribution in [0.4, 0.5) is 4.39 Å². The second-order valence-corrected chi connectivity index (χ2v) is 4.75. The van der Waals surface area contributed by atoms with Crippen LogP contribution in [0.2, 0.25) is 0 Å². The molecule has 1 aromatic rings. The molecule has 1 saturated carbocycles. The lowest BCUT2D eigenvalue weighted by Crippen LogP contribution is -2.35. The molecule has 1 aliphatic carbocycles. The van der Waals surface area contributed by atoms with Crippen molar-refractivity contribution in [1.29, 1.82) is 0 Å². The minimum atomic E-state index is -0.174. The van der Waals surface area contributed by atoms with Crippen molar-refractivity contribution in [3.63, 3.8) is 0 Å². The zero-order chi connectivity index (χ0) is 12.3. The van der Waals surface area contributed by atoms with E-state index < -0.39 is 0 Å². The Morgan fingerprint density at radius 3 is 2.82 bits per heavy atom. The number of hydrogen-bond acceptors (Lipinski definition) is 1. The molecule has 17 heavy (non-hydrogen) atoms. The molecular weight excluding hydrogens is 217 g/mol. The maximum absolute atomic E-state index is 13.0. The molecule has 3 heteroatoms. The molecule has 0 unspecified atom stereocenters. The van der Waals surface area contributed by atoms with Crippen molar-refractivity contribution in [1.82, 2.24) is 5.32 Å². The first-order valence-corrected chi connectivity index (χ1v) is 6.19. The minimum Gasteiger partial charge on any atom is -0.356 e. The van der Waals surface area contributed by atoms with Gasteiger partial charge in [0.25, 0.3) is 0 Å². The highest BCUT2D eigenvalue weighted by molar-refractivity contribution is 5.79. The molecule has 1 aliphatic rings. The second kappa shape index (κ2) is 5.30. The van der Waals surface area contributed by atoms with Crippen molar-refractivity contribution in [3.8, 4) is 0 Å². The fourth-order valence-corrected chi connectivity index (χ4v) is 2.01. The lowest BCUT2D eigenvalue weighted by molar-refractivity contribution is -0.127. The van der Waals surface area contributed by atoms with Crippen LogP contribution in [-0.4, -0.2) is 12.5 Å². The SMILES string of the molecule is Cc1cc(CCNC(=O)C2CCC2)ccc1F. The summed E-state index contributed by atoms with van der Waals surface area (Å²) in [5, 5.41) is 2.93. The summed E-state index contributed by atoms with van der Waals surface area (Å²) in [6.45, 7) is 2.40. The van der Waals surface area contributed by atoms with E-state index in [0.717, 1.165) is 24.8 Å². The minimum absolute atomic E-state index is 0.174. The molecule has 0 saturated heterocycles. The Morgan fingerprint density at radius 2 is 2.24 bits per heavy atom. The van der Waals surface area contributed by atoms with Crippen LogP contribution in [0.15, 0.2) is 18.2 Å². The Morgan fingerprint density at radius 1 is 1.47 bits per heavy atom. The highest BCUT2D eigenvalue weighted by atomic mass is 19.1. The van der Waals surface area contributed by atoms with Gasteiger partial charge in [-0.25, -0.2) is 4.39 Å². The van der Waals surface area contributed by atoms with Crippen LogP contribution in [0.3, 0.4) is 0 Å². The number of nitrogens with one attached hydrogen (secondary N) is 1. The molecule has 92 valence electrons. The van der Waals surface area contributed by atoms with E-state index in [2.05, 4.69) is 5.32 Å². The molecule has 0 aromatic heterocycles. The second-order valence-electron chi connectivity index (χ2n) is 4.75. The molecule has 1 amide bonds. The summed E-state index contributed by atoms with van der Waals surface area (Å²) in [5.41, 5.74) is 1.73. The van der Waals surface area contributed by atoms with Gasteiger partial charge in [0, 0.05) is 12.5 Å². The molecule has 1 fully saturated rings. The van der Waals surface area contributed by atoms with Crippen molar-refractivity contribution in [3.05, 3.63) is 35.1 Å². The monoisotopic (exact) mass is 235 g/mol. The zero-order valence-electron chi connectivity index (χ0n) is 10.1. The van der Waals surface area contributed by atoms with Gasteiger partial charge < -0.3 is 5.32 Å². The van der Waals surface area contributed by atoms with Crippen molar-refractivity contribution in [2.75, 3.05) is 6.54 Å². The largest absolute Gasteiger partial charge is 0.356 e. The molecule has 0 bridgehead atoms. The maximum atomic E-state index is 13.0. The van der Waals surface area contributed by atoms with E-state index in [0.29, 0.717) is 12.1 Å². The van der Waals surface area contributed by atoms with Gasteiger partial charge in [0.05, 0.1) is 0 Å². The van der Waals surface area contributed by atoms with Gasteiger partial charge in [0.15, 0.2) is 0 Å². The van der Waals surface area contributed by atoms with Gasteiger partial charge in [-0.3, -0.25) is 4.79 Å². The van der Waals surface area contributed by atoms with Gasteiger partial charge in [-0.2, -0.15) is 0 Å². The third kappa shape index (κ3) is 3.05. The molecule has 0 radical (unpaired) electrons. The molecule has 0 aliphatic heterocycles. The van der Waals surface area contributed by atoms with Gasteiger partial charge in [-0.1, -0.05) is 18.6 Å². The van der Waals surface area contributed by atoms with Crippen LogP contribution in [-0.2, 0) is 11.2 Å². The van der Waals surface area contributed by atoms with Crippen LogP contribution in [0, 0.1) is 18.7 Å². The number of hydrogen-bond donors (Lipinski definition) is 1. The van der Waals surface area contributed by atoms with Crippen LogP contribution >= 0.6 is 0 Å². The van der Waals surface area contributed by atoms with Crippen LogP contribution in [0.5, 0.6) is 0 Å². The van der Waals surface area contributed by atoms with E-state index in [4.69, 9.17) is 0 Å². The summed E-state index contributed by atoms with van der Waals surface area (Å²) >= 11 is 0. The maximum Gasteiger partial charge on any atom is 0.223 e. The topological polar surface area (TPSA) is 29.1 Å². The average Bonchev–Trinajstić information content (AvgIpc) is 2.21. The zero-order valence-corrected chi connectivity index (χ0v) is 10.1. The number of carbonyl (C=O) groups excluding carboxylic acids is 1. The summed E-state index contributed by atoms with van der Waals surface area (Å²) in [6.07, 6.45) is 4.00. The van der Waals surface area contributed by atoms with E-state index in [9.17, 15) is 9.18 Å². The van der Waals surface area contributed by atoms with Gasteiger partial charge in [-0.05, 0) is 43.4 Å². The smallest absolute Gasteiger partial charge is 0.223 e. The first-order valence-electron chi connectivity index (χ1n) is 6.19. The quantitative estimate of drug-likeness (QED) is 0.854. The molecular formula is C14H18FNO. The average molecular weight is 235 g/mol. The first-order chi connectivity index (χ1) is 8.16. The highest BCUT2D eigenvalue weighted by Crippen LogP contribution is 2.26. The van der Waals surface area contributed by atoms with Crippen molar-refractivity contribution < 1.29 is 9.18 Å². The number of amides is 1. The number of carbonyl (C=O) groups is 1. The third-order valence-electron chi connectivity index (χ3n) is 3.41. The standard InChI is InChI=1S/C14H18FNO/c1-10-9-11(5-6-13(10)15)7-8-16-14(17)12-3-2-4-12/h5-6,9,12H,2-4,7-8H2,1H3,(H,16,17). The van der Waals surface area contributed by atoms with E-state index >= 15 is 0 Å². The van der Waals surface area contributed by atoms with E-state index in [-0.39, 0.29) is 17.6 Å². The van der Waals surface area contributed by atoms with Crippen LogP contribution in [0.25, 0.3) is 0 Å². The van der Waals surface area contributed by atoms with Crippen molar-refractivity contribution >= 4 is 5.91 Å². The van der Waals surface area contributed by atoms with Crippen LogP contribution < -0.4 is 5.32 Å². The van der Waals surface area contributed by atoms with E-state index in [1.54, 1.807) is 13.0 Å². The third-order valence-corrected chi connectivity index (χ3v) is 3.41. The molecule has 1 aromatic carbocycles. The number of rotatable bonds is 4. The molecule has 0 atom stereocenters. The molecule has 0 heterocycles. The van der Waals surface area contributed by atoms with Crippen LogP contribution in [0.1, 0.15) is 30.4 Å². The number of aryl methyl sites for hydroxylation is 1. The van der Waals surface area contributed by atoms with Crippen molar-refractivity contribution in [2.45, 2.75) is 32.6 Å². The normalized spacial score (nSPS) is 15.4. The predicted molar refractivity (Wildman–Crippen MR) is 65.2 cm³/mol. The van der Waals surface area contributed by atoms with Crippen molar-refractivity contribution in [2.24, 2.45) is 5.92 Å². The summed E-state index contributed by atoms with van der Waals surface area (Å²) in [4.78, 5) is 11.6. The Balaban J connectivity index is 1.77. The lowest BCUT2D eigenvalue weighted by Gasteiger charge is -2.24. The fourth-order valence-electron chi connectivity index (χ4n) is 2.01. The van der Waals surface area contributed by atoms with Gasteiger partial charge in [0.2, 0.25) is 5.91 Å².